The summed E-state index contributed by atoms with van der Waals surface area (Å²) in [4.78, 5) is 0. The summed E-state index contributed by atoms with van der Waals surface area (Å²) in [6.45, 7) is 1.60. The highest BCUT2D eigenvalue weighted by molar-refractivity contribution is 7.87. The van der Waals surface area contributed by atoms with Gasteiger partial charge in [0.05, 0.1) is 0 Å². The number of nitrogens with one attached hydrogen (secondary N) is 1. The molecule has 2 N–H and O–H groups in total. The fourth-order valence-electron chi connectivity index (χ4n) is 0.547. The molecule has 1 aromatic heterocycles. The van der Waals surface area contributed by atoms with E-state index < -0.39 is 10.3 Å². The summed E-state index contributed by atoms with van der Waals surface area (Å²) in [6.07, 6.45) is 0. The quantitative estimate of drug-likeness (QED) is 0.631. The van der Waals surface area contributed by atoms with Crippen LogP contribution in [0.5, 0.6) is 0 Å². The van der Waals surface area contributed by atoms with Crippen molar-refractivity contribution in [1.82, 2.24) is 5.16 Å². The van der Waals surface area contributed by atoms with E-state index >= 15 is 0 Å². The Hall–Kier alpha value is -1.08. The number of aryl methyl sites for hydroxylation is 1. The third-order valence-corrected chi connectivity index (χ3v) is 1.33. The minimum atomic E-state index is -4.24. The zero-order valence-electron chi connectivity index (χ0n) is 5.60. The molecule has 0 unspecified atom stereocenters. The van der Waals surface area contributed by atoms with Crippen molar-refractivity contribution in [3.63, 3.8) is 0 Å². The van der Waals surface area contributed by atoms with Crippen LogP contribution in [-0.4, -0.2) is 18.1 Å². The summed E-state index contributed by atoms with van der Waals surface area (Å²) < 4.78 is 34.9. The molecule has 0 saturated heterocycles. The van der Waals surface area contributed by atoms with Crippen molar-refractivity contribution < 1.29 is 17.5 Å². The third-order valence-electron chi connectivity index (χ3n) is 0.862. The van der Waals surface area contributed by atoms with E-state index in [1.807, 2.05) is 0 Å². The Bertz CT molecular complexity index is 341. The van der Waals surface area contributed by atoms with E-state index in [0.29, 0.717) is 5.76 Å². The van der Waals surface area contributed by atoms with Gasteiger partial charge >= 0.3 is 10.3 Å². The average molecular weight is 178 g/mol. The zero-order valence-corrected chi connectivity index (χ0v) is 6.42. The van der Waals surface area contributed by atoms with Gasteiger partial charge in [-0.1, -0.05) is 5.16 Å². The van der Waals surface area contributed by atoms with Crippen LogP contribution in [-0.2, 0) is 10.3 Å². The lowest BCUT2D eigenvalue weighted by Crippen LogP contribution is -2.10. The molecule has 0 bridgehead atoms. The molecular weight excluding hydrogens is 172 g/mol. The molecule has 0 fully saturated rings. The molecule has 0 aromatic carbocycles. The van der Waals surface area contributed by atoms with Crippen molar-refractivity contribution in [1.29, 1.82) is 0 Å². The molecule has 1 rings (SSSR count). The Morgan fingerprint density at radius 1 is 1.73 bits per heavy atom. The highest BCUT2D eigenvalue weighted by Crippen LogP contribution is 2.07. The van der Waals surface area contributed by atoms with Gasteiger partial charge < -0.3 is 4.52 Å². The van der Waals surface area contributed by atoms with Gasteiger partial charge in [0.25, 0.3) is 0 Å². The van der Waals surface area contributed by atoms with Crippen LogP contribution in [0.1, 0.15) is 5.76 Å². The number of nitrogens with zero attached hydrogens (tertiary/aromatic N) is 1. The standard InChI is InChI=1S/C4H6N2O4S/c1-3-2-4(5-10-3)6-11(7,8)9/h2H,1H3,(H,5,6)(H,7,8,9). The molecular formula is C4H6N2O4S. The van der Waals surface area contributed by atoms with Crippen LogP contribution < -0.4 is 4.72 Å². The Morgan fingerprint density at radius 3 is 2.73 bits per heavy atom. The lowest BCUT2D eigenvalue weighted by atomic mass is 10.5. The van der Waals surface area contributed by atoms with Crippen molar-refractivity contribution in [3.05, 3.63) is 11.8 Å². The second-order valence-corrected chi connectivity index (χ2v) is 3.05. The first-order valence-corrected chi connectivity index (χ1v) is 4.10. The fourth-order valence-corrected chi connectivity index (χ4v) is 0.907. The van der Waals surface area contributed by atoms with Crippen LogP contribution in [0.25, 0.3) is 0 Å². The molecule has 0 spiro atoms. The van der Waals surface area contributed by atoms with Gasteiger partial charge in [-0.3, -0.25) is 4.55 Å². The van der Waals surface area contributed by atoms with Crippen LogP contribution in [0, 0.1) is 6.92 Å². The van der Waals surface area contributed by atoms with Gasteiger partial charge in [0.1, 0.15) is 5.76 Å². The maximum atomic E-state index is 10.2. The predicted molar refractivity (Wildman–Crippen MR) is 36.4 cm³/mol. The number of aromatic nitrogens is 1. The first-order valence-electron chi connectivity index (χ1n) is 2.66. The van der Waals surface area contributed by atoms with Gasteiger partial charge in [0, 0.05) is 6.07 Å². The lowest BCUT2D eigenvalue weighted by Gasteiger charge is -1.92. The van der Waals surface area contributed by atoms with Crippen molar-refractivity contribution >= 4 is 16.1 Å². The first kappa shape index (κ1) is 8.02. The van der Waals surface area contributed by atoms with Gasteiger partial charge in [-0.25, -0.2) is 4.72 Å². The molecule has 0 aliphatic rings. The average Bonchev–Trinajstić information content (AvgIpc) is 2.10. The van der Waals surface area contributed by atoms with Crippen LogP contribution in [0.15, 0.2) is 10.6 Å². The van der Waals surface area contributed by atoms with Crippen LogP contribution >= 0.6 is 0 Å². The van der Waals surface area contributed by atoms with E-state index in [1.165, 1.54) is 6.07 Å². The second-order valence-electron chi connectivity index (χ2n) is 1.90. The molecule has 1 heterocycles. The Balaban J connectivity index is 2.81. The van der Waals surface area contributed by atoms with Crippen molar-refractivity contribution in [2.75, 3.05) is 4.72 Å². The number of rotatable bonds is 2. The van der Waals surface area contributed by atoms with Crippen molar-refractivity contribution in [2.24, 2.45) is 0 Å². The Labute approximate surface area is 63.1 Å². The van der Waals surface area contributed by atoms with E-state index in [-0.39, 0.29) is 5.82 Å². The first-order chi connectivity index (χ1) is 4.97. The molecule has 6 nitrogen and oxygen atoms in total. The SMILES string of the molecule is Cc1cc(NS(=O)(=O)O)no1. The van der Waals surface area contributed by atoms with Crippen LogP contribution in [0.3, 0.4) is 0 Å². The normalized spacial score (nSPS) is 11.5. The largest absolute Gasteiger partial charge is 0.360 e. The third kappa shape index (κ3) is 2.56. The van der Waals surface area contributed by atoms with Gasteiger partial charge in [0.2, 0.25) is 0 Å². The number of anilines is 1. The summed E-state index contributed by atoms with van der Waals surface area (Å²) in [5, 5.41) is 3.28. The molecule has 0 amide bonds. The highest BCUT2D eigenvalue weighted by Gasteiger charge is 2.06. The van der Waals surface area contributed by atoms with Gasteiger partial charge in [-0.15, -0.1) is 0 Å². The van der Waals surface area contributed by atoms with E-state index in [2.05, 4.69) is 9.68 Å². The Kier molecular flexibility index (Phi) is 1.83. The van der Waals surface area contributed by atoms with Crippen LogP contribution in [0.2, 0.25) is 0 Å². The van der Waals surface area contributed by atoms with E-state index in [4.69, 9.17) is 4.55 Å². The molecule has 7 heteroatoms. The van der Waals surface area contributed by atoms with E-state index in [1.54, 1.807) is 11.6 Å². The maximum Gasteiger partial charge on any atom is 0.358 e. The summed E-state index contributed by atoms with van der Waals surface area (Å²) >= 11 is 0. The van der Waals surface area contributed by atoms with Crippen molar-refractivity contribution in [3.8, 4) is 0 Å². The van der Waals surface area contributed by atoms with E-state index in [9.17, 15) is 8.42 Å². The zero-order chi connectivity index (χ0) is 8.48. The Morgan fingerprint density at radius 2 is 2.36 bits per heavy atom. The minimum absolute atomic E-state index is 0.0370. The monoisotopic (exact) mass is 178 g/mol. The van der Waals surface area contributed by atoms with Gasteiger partial charge in [-0.05, 0) is 6.92 Å². The molecule has 0 saturated carbocycles. The molecule has 0 atom stereocenters. The predicted octanol–water partition coefficient (Wildman–Crippen LogP) is 0.198. The fraction of sp³-hybridized carbons (Fsp3) is 0.250. The highest BCUT2D eigenvalue weighted by atomic mass is 32.2. The molecule has 0 radical (unpaired) electrons. The summed E-state index contributed by atoms with van der Waals surface area (Å²) in [7, 11) is -4.24. The minimum Gasteiger partial charge on any atom is -0.360 e. The lowest BCUT2D eigenvalue weighted by molar-refractivity contribution is 0.400. The summed E-state index contributed by atoms with van der Waals surface area (Å²) in [5.74, 6) is 0.418. The van der Waals surface area contributed by atoms with Crippen LogP contribution in [0.4, 0.5) is 5.82 Å². The topological polar surface area (TPSA) is 92.4 Å². The van der Waals surface area contributed by atoms with Gasteiger partial charge in [0.15, 0.2) is 5.82 Å². The second kappa shape index (κ2) is 2.51. The maximum absolute atomic E-state index is 10.2. The van der Waals surface area contributed by atoms with E-state index in [0.717, 1.165) is 0 Å². The summed E-state index contributed by atoms with van der Waals surface area (Å²) in [5.41, 5.74) is 0. The molecule has 1 aromatic rings. The van der Waals surface area contributed by atoms with Gasteiger partial charge in [-0.2, -0.15) is 8.42 Å². The molecule has 62 valence electrons. The molecule has 11 heavy (non-hydrogen) atoms. The molecule has 0 aliphatic carbocycles. The number of hydrogen-bond donors (Lipinski definition) is 2. The van der Waals surface area contributed by atoms with Crippen molar-refractivity contribution in [2.45, 2.75) is 6.92 Å². The number of hydrogen-bond acceptors (Lipinski definition) is 4. The smallest absolute Gasteiger partial charge is 0.358 e. The summed E-state index contributed by atoms with van der Waals surface area (Å²) in [6, 6.07) is 1.34. The molecule has 0 aliphatic heterocycles.